The second kappa shape index (κ2) is 8.49. The van der Waals surface area contributed by atoms with Gasteiger partial charge < -0.3 is 30.6 Å². The predicted octanol–water partition coefficient (Wildman–Crippen LogP) is -3.48. The number of aliphatic carboxylic acids is 1. The van der Waals surface area contributed by atoms with E-state index in [0.717, 1.165) is 0 Å². The maximum atomic E-state index is 10.1. The van der Waals surface area contributed by atoms with Crippen LogP contribution in [0.25, 0.3) is 0 Å². The summed E-state index contributed by atoms with van der Waals surface area (Å²) in [6.07, 6.45) is -7.84. The lowest BCUT2D eigenvalue weighted by atomic mass is 10.0. The summed E-state index contributed by atoms with van der Waals surface area (Å²) < 4.78 is 0. The van der Waals surface area contributed by atoms with Crippen LogP contribution >= 0.6 is 0 Å². The molecule has 0 aliphatic rings. The molecule has 0 rings (SSSR count). The molecule has 0 saturated heterocycles. The Morgan fingerprint density at radius 3 is 1.67 bits per heavy atom. The molecule has 15 heavy (non-hydrogen) atoms. The highest BCUT2D eigenvalue weighted by Gasteiger charge is 2.33. The quantitative estimate of drug-likeness (QED) is 0.176. The van der Waals surface area contributed by atoms with Crippen LogP contribution in [0, 0.1) is 0 Å². The number of rotatable bonds is 5. The standard InChI is InChI=1S/C6H12O7.H2O2/c7-1-2(8)3(9)4(10)5(11)6(12)13;1-2/h2-5,7-11H,1H2,(H,12,13);1-2H/t2-,3-,4+,5-;/m1./s1. The van der Waals surface area contributed by atoms with Gasteiger partial charge in [0.1, 0.15) is 18.3 Å². The fourth-order valence-electron chi connectivity index (χ4n) is 0.668. The molecule has 0 aromatic rings. The van der Waals surface area contributed by atoms with Gasteiger partial charge in [-0.15, -0.1) is 0 Å². The van der Waals surface area contributed by atoms with Crippen molar-refractivity contribution < 1.29 is 45.9 Å². The highest BCUT2D eigenvalue weighted by Crippen LogP contribution is 2.04. The van der Waals surface area contributed by atoms with E-state index < -0.39 is 37.0 Å². The first-order chi connectivity index (χ1) is 6.91. The molecule has 4 atom stereocenters. The van der Waals surface area contributed by atoms with Gasteiger partial charge in [0.05, 0.1) is 6.61 Å². The minimum Gasteiger partial charge on any atom is -0.479 e. The third-order valence-electron chi connectivity index (χ3n) is 1.51. The van der Waals surface area contributed by atoms with E-state index in [4.69, 9.17) is 41.2 Å². The van der Waals surface area contributed by atoms with Crippen LogP contribution in [-0.4, -0.2) is 78.1 Å². The molecular weight excluding hydrogens is 216 g/mol. The lowest BCUT2D eigenvalue weighted by molar-refractivity contribution is -0.176. The first-order valence-electron chi connectivity index (χ1n) is 3.67. The van der Waals surface area contributed by atoms with Crippen molar-refractivity contribution in [3.05, 3.63) is 0 Å². The second-order valence-corrected chi connectivity index (χ2v) is 2.51. The van der Waals surface area contributed by atoms with E-state index >= 15 is 0 Å². The summed E-state index contributed by atoms with van der Waals surface area (Å²) in [6.45, 7) is -0.843. The molecule has 0 aliphatic carbocycles. The molecule has 0 radical (unpaired) electrons. The number of carboxylic acid groups (broad SMARTS) is 1. The van der Waals surface area contributed by atoms with E-state index in [1.807, 2.05) is 0 Å². The van der Waals surface area contributed by atoms with Gasteiger partial charge >= 0.3 is 5.97 Å². The Hall–Kier alpha value is -0.810. The number of hydrogen-bond acceptors (Lipinski definition) is 8. The maximum absolute atomic E-state index is 10.1. The molecule has 0 aromatic heterocycles. The molecule has 0 saturated carbocycles. The Labute approximate surface area is 84.0 Å². The van der Waals surface area contributed by atoms with Crippen molar-refractivity contribution in [1.29, 1.82) is 0 Å². The highest BCUT2D eigenvalue weighted by molar-refractivity contribution is 5.72. The van der Waals surface area contributed by atoms with Gasteiger partial charge in [0, 0.05) is 0 Å². The van der Waals surface area contributed by atoms with Gasteiger partial charge in [-0.25, -0.2) is 4.79 Å². The largest absolute Gasteiger partial charge is 0.479 e. The summed E-state index contributed by atoms with van der Waals surface area (Å²) in [5.74, 6) is -1.73. The topological polar surface area (TPSA) is 179 Å². The average molecular weight is 230 g/mol. The number of aliphatic hydroxyl groups excluding tert-OH is 5. The summed E-state index contributed by atoms with van der Waals surface area (Å²) in [6, 6.07) is 0. The highest BCUT2D eigenvalue weighted by atomic mass is 17.0. The Kier molecular flexibility index (Phi) is 9.41. The van der Waals surface area contributed by atoms with E-state index in [1.54, 1.807) is 0 Å². The number of hydrogen-bond donors (Lipinski definition) is 8. The molecule has 0 aliphatic heterocycles. The zero-order chi connectivity index (χ0) is 12.6. The van der Waals surface area contributed by atoms with E-state index in [-0.39, 0.29) is 0 Å². The van der Waals surface area contributed by atoms with E-state index in [2.05, 4.69) is 0 Å². The lowest BCUT2D eigenvalue weighted by Gasteiger charge is -2.23. The molecule has 0 heterocycles. The van der Waals surface area contributed by atoms with Crippen molar-refractivity contribution in [1.82, 2.24) is 0 Å². The van der Waals surface area contributed by atoms with Gasteiger partial charge in [0.2, 0.25) is 0 Å². The normalized spacial score (nSPS) is 18.1. The molecule has 92 valence electrons. The Balaban J connectivity index is 0. The summed E-state index contributed by atoms with van der Waals surface area (Å²) in [7, 11) is 0. The van der Waals surface area contributed by atoms with Gasteiger partial charge in [0.15, 0.2) is 6.10 Å². The van der Waals surface area contributed by atoms with E-state index in [9.17, 15) is 4.79 Å². The third-order valence-corrected chi connectivity index (χ3v) is 1.51. The average Bonchev–Trinajstić information content (AvgIpc) is 2.27. The van der Waals surface area contributed by atoms with Crippen LogP contribution in [0.15, 0.2) is 0 Å². The molecule has 0 fully saturated rings. The van der Waals surface area contributed by atoms with Crippen molar-refractivity contribution in [2.24, 2.45) is 0 Å². The number of carboxylic acids is 1. The van der Waals surface area contributed by atoms with Gasteiger partial charge in [-0.3, -0.25) is 10.5 Å². The van der Waals surface area contributed by atoms with Crippen molar-refractivity contribution in [3.63, 3.8) is 0 Å². The van der Waals surface area contributed by atoms with Crippen LogP contribution in [0.5, 0.6) is 0 Å². The van der Waals surface area contributed by atoms with Crippen molar-refractivity contribution in [2.75, 3.05) is 6.61 Å². The van der Waals surface area contributed by atoms with Crippen LogP contribution in [0.3, 0.4) is 0 Å². The lowest BCUT2D eigenvalue weighted by Crippen LogP contribution is -2.48. The number of carbonyl (C=O) groups is 1. The molecular formula is C6H14O9. The molecule has 0 amide bonds. The monoisotopic (exact) mass is 230 g/mol. The van der Waals surface area contributed by atoms with Gasteiger partial charge in [-0.1, -0.05) is 0 Å². The fraction of sp³-hybridized carbons (Fsp3) is 0.833. The summed E-state index contributed by atoms with van der Waals surface area (Å²) in [5.41, 5.74) is 0. The first kappa shape index (κ1) is 16.6. The van der Waals surface area contributed by atoms with Crippen LogP contribution in [0.2, 0.25) is 0 Å². The van der Waals surface area contributed by atoms with E-state index in [1.165, 1.54) is 0 Å². The van der Waals surface area contributed by atoms with Crippen molar-refractivity contribution in [3.8, 4) is 0 Å². The SMILES string of the molecule is O=C(O)[C@H](O)[C@@H](O)[C@H](O)[C@H](O)CO.OO. The molecule has 0 aromatic carbocycles. The first-order valence-corrected chi connectivity index (χ1v) is 3.67. The summed E-state index contributed by atoms with van der Waals surface area (Å²) in [5, 5.41) is 63.8. The maximum Gasteiger partial charge on any atom is 0.335 e. The zero-order valence-electron chi connectivity index (χ0n) is 7.50. The van der Waals surface area contributed by atoms with E-state index in [0.29, 0.717) is 0 Å². The van der Waals surface area contributed by atoms with Crippen molar-refractivity contribution in [2.45, 2.75) is 24.4 Å². The smallest absolute Gasteiger partial charge is 0.335 e. The molecule has 9 heteroatoms. The molecule has 0 spiro atoms. The zero-order valence-corrected chi connectivity index (χ0v) is 7.50. The Morgan fingerprint density at radius 1 is 1.00 bits per heavy atom. The van der Waals surface area contributed by atoms with Gasteiger partial charge in [-0.2, -0.15) is 0 Å². The molecule has 0 unspecified atom stereocenters. The van der Waals surface area contributed by atoms with Crippen LogP contribution in [-0.2, 0) is 4.79 Å². The molecule has 0 bridgehead atoms. The Morgan fingerprint density at radius 2 is 1.40 bits per heavy atom. The fourth-order valence-corrected chi connectivity index (χ4v) is 0.668. The summed E-state index contributed by atoms with van der Waals surface area (Å²) in [4.78, 5) is 10.1. The summed E-state index contributed by atoms with van der Waals surface area (Å²) >= 11 is 0. The minimum absolute atomic E-state index is 0.843. The van der Waals surface area contributed by atoms with Gasteiger partial charge in [0.25, 0.3) is 0 Å². The Bertz CT molecular complexity index is 172. The van der Waals surface area contributed by atoms with Crippen LogP contribution in [0.1, 0.15) is 0 Å². The van der Waals surface area contributed by atoms with Crippen LogP contribution < -0.4 is 0 Å². The molecule has 9 nitrogen and oxygen atoms in total. The number of aliphatic hydroxyl groups is 5. The molecule has 8 N–H and O–H groups in total. The van der Waals surface area contributed by atoms with Gasteiger partial charge in [-0.05, 0) is 0 Å². The second-order valence-electron chi connectivity index (χ2n) is 2.51. The van der Waals surface area contributed by atoms with Crippen molar-refractivity contribution >= 4 is 5.97 Å². The van der Waals surface area contributed by atoms with Crippen LogP contribution in [0.4, 0.5) is 0 Å². The predicted molar refractivity (Wildman–Crippen MR) is 44.0 cm³/mol. The third kappa shape index (κ3) is 5.59. The minimum atomic E-state index is -2.20.